The molecular weight excluding hydrogens is 1110 g/mol. The van der Waals surface area contributed by atoms with E-state index in [1.54, 1.807) is 23.6 Å². The number of benzene rings is 3. The summed E-state index contributed by atoms with van der Waals surface area (Å²) in [5, 5.41) is 49.5. The van der Waals surface area contributed by atoms with Gasteiger partial charge in [0.25, 0.3) is 0 Å². The van der Waals surface area contributed by atoms with Crippen molar-refractivity contribution in [2.45, 2.75) is 97.5 Å². The van der Waals surface area contributed by atoms with E-state index in [1.165, 1.54) is 23.2 Å². The number of thiocarbonyl (C=S) groups is 4. The molecule has 21 nitrogen and oxygen atoms in total. The maximum absolute atomic E-state index is 9.56. The van der Waals surface area contributed by atoms with Gasteiger partial charge in [0.2, 0.25) is 13.6 Å². The maximum Gasteiger partial charge on any atom is 0.231 e. The number of phenolic OH excluding ortho intramolecular Hbond substituents is 2. The highest BCUT2D eigenvalue weighted by Gasteiger charge is 2.19. The lowest BCUT2D eigenvalue weighted by Crippen LogP contribution is -2.37. The van der Waals surface area contributed by atoms with Crippen molar-refractivity contribution in [3.63, 3.8) is 0 Å². The summed E-state index contributed by atoms with van der Waals surface area (Å²) in [6, 6.07) is 20.1. The van der Waals surface area contributed by atoms with Gasteiger partial charge in [0.05, 0.1) is 42.2 Å². The quantitative estimate of drug-likeness (QED) is 0.0330. The van der Waals surface area contributed by atoms with Crippen LogP contribution in [0.15, 0.2) is 87.1 Å². The molecule has 3 aromatic carbocycles. The number of aryl methyl sites for hydroxylation is 1. The first-order valence-electron chi connectivity index (χ1n) is 25.7. The van der Waals surface area contributed by atoms with Gasteiger partial charge in [-0.2, -0.15) is 20.4 Å². The van der Waals surface area contributed by atoms with Crippen molar-refractivity contribution >= 4 is 105 Å². The van der Waals surface area contributed by atoms with Gasteiger partial charge in [0, 0.05) is 78.0 Å². The molecule has 3 unspecified atom stereocenters. The largest absolute Gasteiger partial charge is 0.508 e. The van der Waals surface area contributed by atoms with Gasteiger partial charge >= 0.3 is 0 Å². The Bertz CT molecular complexity index is 2760. The van der Waals surface area contributed by atoms with Crippen molar-refractivity contribution in [3.05, 3.63) is 93.2 Å². The van der Waals surface area contributed by atoms with Gasteiger partial charge in [-0.15, -0.1) is 11.3 Å². The summed E-state index contributed by atoms with van der Waals surface area (Å²) in [5.74, 6) is 2.97. The third-order valence-corrected chi connectivity index (χ3v) is 13.5. The number of nitrogens with one attached hydrogen (secondary N) is 8. The number of phenols is 2. The molecule has 6 heterocycles. The minimum absolute atomic E-state index is 0.00126. The summed E-state index contributed by atoms with van der Waals surface area (Å²) < 4.78 is 37.7. The van der Waals surface area contributed by atoms with Crippen LogP contribution in [0.25, 0.3) is 0 Å². The number of fused-ring (bicyclic) bond motifs is 2. The number of nitrogens with zero attached hydrogens (tertiary/aromatic N) is 4. The monoisotopic (exact) mass is 1180 g/mol. The van der Waals surface area contributed by atoms with Crippen LogP contribution in [0.5, 0.6) is 34.5 Å². The molecule has 26 heteroatoms. The number of hydrogen-bond acceptors (Lipinski definition) is 18. The van der Waals surface area contributed by atoms with Gasteiger partial charge in [0.15, 0.2) is 43.4 Å². The molecule has 0 saturated carbocycles. The van der Waals surface area contributed by atoms with E-state index in [-0.39, 0.29) is 49.4 Å². The number of hydrogen-bond donors (Lipinski definition) is 10. The molecule has 426 valence electrons. The first-order valence-corrected chi connectivity index (χ1v) is 28.2. The number of aromatic hydroxyl groups is 2. The lowest BCUT2D eigenvalue weighted by Gasteiger charge is -2.12. The second kappa shape index (κ2) is 33.2. The summed E-state index contributed by atoms with van der Waals surface area (Å²) in [5.41, 5.74) is 15.2. The molecule has 3 atom stereocenters. The molecular formula is C53H70N12O9S5. The van der Waals surface area contributed by atoms with Crippen LogP contribution in [-0.2, 0) is 14.2 Å². The van der Waals surface area contributed by atoms with Gasteiger partial charge < -0.3 is 64.6 Å². The standard InChI is InChI=1S/C15H19N3O3S.C13H17N3O3S.C13H17N3O2S.C12H17N3OS2/c1-10(11-4-5-13-14(7-11)21-9-20-13)17-18-15(22)16-8-12-3-2-6-19-12;17-10-4-3-9(12(18)6-10)7-15-16-13(20)14-8-11-2-1-5-19-11;1-8(2)14-13(19)16-15-9(3)10-4-5-11-12(6-10)18-7-17-11;1-9-4-5-11(18-9)8-14-15-12(17)13-7-10-3-2-6-16-10/h4-5,7,12H,2-3,6,8-9H2,1H3,(H2,16,18,22);3-4,6-7,11,17-18H,1-2,5,8H2,(H2,14,16,20);4-6,8H,7H2,1-3H3,(H2,14,16,19);4-5,8,10H,2-3,6-7H2,1H3,(H2,13,15,17)/b17-10-;;15-9-;14-8+. The van der Waals surface area contributed by atoms with Gasteiger partial charge in [-0.1, -0.05) is 0 Å². The normalized spacial score (nSPS) is 17.9. The third-order valence-electron chi connectivity index (χ3n) is 11.7. The van der Waals surface area contributed by atoms with E-state index < -0.39 is 0 Å². The van der Waals surface area contributed by atoms with Crippen LogP contribution in [0.3, 0.4) is 0 Å². The van der Waals surface area contributed by atoms with Crippen LogP contribution in [0.4, 0.5) is 0 Å². The lowest BCUT2D eigenvalue weighted by atomic mass is 10.1. The van der Waals surface area contributed by atoms with Crippen LogP contribution in [0.2, 0.25) is 0 Å². The Morgan fingerprint density at radius 2 is 1.06 bits per heavy atom. The Kier molecular flexibility index (Phi) is 25.9. The van der Waals surface area contributed by atoms with Gasteiger partial charge in [0.1, 0.15) is 11.5 Å². The molecule has 0 aliphatic carbocycles. The summed E-state index contributed by atoms with van der Waals surface area (Å²) in [6.45, 7) is 15.1. The minimum Gasteiger partial charge on any atom is -0.508 e. The van der Waals surface area contributed by atoms with E-state index in [0.717, 1.165) is 115 Å². The van der Waals surface area contributed by atoms with Crippen LogP contribution >= 0.6 is 60.2 Å². The van der Waals surface area contributed by atoms with Gasteiger partial charge in [-0.25, -0.2) is 0 Å². The molecule has 4 aromatic rings. The summed E-state index contributed by atoms with van der Waals surface area (Å²) in [6.07, 6.45) is 10.5. The molecule has 1 aromatic heterocycles. The second-order valence-corrected chi connectivity index (χ2v) is 21.3. The van der Waals surface area contributed by atoms with Crippen molar-refractivity contribution in [2.75, 3.05) is 53.0 Å². The molecule has 0 bridgehead atoms. The molecule has 0 radical (unpaired) electrons. The fourth-order valence-corrected chi connectivity index (χ4v) is 9.00. The van der Waals surface area contributed by atoms with Crippen molar-refractivity contribution in [2.24, 2.45) is 20.4 Å². The van der Waals surface area contributed by atoms with Crippen LogP contribution in [0, 0.1) is 6.92 Å². The molecule has 79 heavy (non-hydrogen) atoms. The van der Waals surface area contributed by atoms with Crippen molar-refractivity contribution in [1.29, 1.82) is 0 Å². The second-order valence-electron chi connectivity index (χ2n) is 18.3. The maximum atomic E-state index is 9.56. The van der Waals surface area contributed by atoms with E-state index in [9.17, 15) is 5.11 Å². The van der Waals surface area contributed by atoms with E-state index in [1.807, 2.05) is 70.2 Å². The molecule has 0 amide bonds. The Morgan fingerprint density at radius 3 is 1.51 bits per heavy atom. The van der Waals surface area contributed by atoms with E-state index in [0.29, 0.717) is 39.1 Å². The molecule has 3 fully saturated rings. The van der Waals surface area contributed by atoms with Crippen LogP contribution in [0.1, 0.15) is 92.7 Å². The fraction of sp³-hybridized carbons (Fsp3) is 0.434. The molecule has 0 spiro atoms. The summed E-state index contributed by atoms with van der Waals surface area (Å²) in [7, 11) is 0. The highest BCUT2D eigenvalue weighted by molar-refractivity contribution is 7.80. The van der Waals surface area contributed by atoms with Crippen molar-refractivity contribution in [3.8, 4) is 34.5 Å². The topological polar surface area (TPSA) is 251 Å². The number of ether oxygens (including phenoxy) is 7. The highest BCUT2D eigenvalue weighted by Crippen LogP contribution is 2.33. The predicted octanol–water partition coefficient (Wildman–Crippen LogP) is 6.90. The Balaban J connectivity index is 0.000000171. The lowest BCUT2D eigenvalue weighted by molar-refractivity contribution is 0.114. The fourth-order valence-electron chi connectivity index (χ4n) is 7.57. The zero-order valence-electron chi connectivity index (χ0n) is 44.8. The zero-order chi connectivity index (χ0) is 56.4. The van der Waals surface area contributed by atoms with Crippen LogP contribution < -0.4 is 61.9 Å². The van der Waals surface area contributed by atoms with Crippen molar-refractivity contribution in [1.82, 2.24) is 43.0 Å². The zero-order valence-corrected chi connectivity index (χ0v) is 48.9. The Labute approximate surface area is 486 Å². The Morgan fingerprint density at radius 1 is 0.595 bits per heavy atom. The van der Waals surface area contributed by atoms with Gasteiger partial charge in [-0.05, 0) is 183 Å². The summed E-state index contributed by atoms with van der Waals surface area (Å²) in [4.78, 5) is 2.39. The first kappa shape index (κ1) is 61.7. The third kappa shape index (κ3) is 22.6. The van der Waals surface area contributed by atoms with Gasteiger partial charge in [-0.3, -0.25) is 21.7 Å². The number of hydrazone groups is 4. The molecule has 9 rings (SSSR count). The molecule has 3 saturated heterocycles. The van der Waals surface area contributed by atoms with E-state index >= 15 is 0 Å². The number of thiophene rings is 1. The first-order chi connectivity index (χ1) is 38.2. The van der Waals surface area contributed by atoms with E-state index in [4.69, 9.17) is 87.1 Å². The van der Waals surface area contributed by atoms with Crippen molar-refractivity contribution < 1.29 is 43.4 Å². The Hall–Kier alpha value is -6.52. The predicted molar refractivity (Wildman–Crippen MR) is 326 cm³/mol. The number of rotatable bonds is 15. The highest BCUT2D eigenvalue weighted by atomic mass is 32.1. The average Bonchev–Trinajstić information content (AvgIpc) is 4.32. The van der Waals surface area contributed by atoms with E-state index in [2.05, 4.69) is 76.4 Å². The molecule has 10 N–H and O–H groups in total. The average molecular weight is 1180 g/mol. The smallest absolute Gasteiger partial charge is 0.231 e. The SMILES string of the molecule is C/C(=N/NC(=S)NC(C)C)c1ccc2c(c1)OCO2.C/C(=N/NC(=S)NCC1CCCO1)c1ccc2c(c1)OCO2.Cc1ccc(/C=N/NC(=S)NCC2CCCO2)s1.Oc1ccc(C=NNC(=S)NCC2CCCO2)c(O)c1. The minimum atomic E-state index is -0.0474. The molecule has 5 aliphatic heterocycles. The molecule has 5 aliphatic rings. The summed E-state index contributed by atoms with van der Waals surface area (Å²) >= 11 is 22.2. The van der Waals surface area contributed by atoms with Crippen LogP contribution in [-0.4, -0.2) is 132 Å².